The van der Waals surface area contributed by atoms with Crippen LogP contribution in [0.15, 0.2) is 12.1 Å². The predicted molar refractivity (Wildman–Crippen MR) is 73.7 cm³/mol. The molecule has 1 aromatic heterocycles. The molecule has 1 heterocycles. The maximum atomic E-state index is 11.4. The van der Waals surface area contributed by atoms with Crippen molar-refractivity contribution in [2.24, 2.45) is 0 Å². The molecule has 0 aromatic carbocycles. The van der Waals surface area contributed by atoms with Crippen molar-refractivity contribution in [3.05, 3.63) is 23.5 Å². The number of aromatic nitrogens is 1. The summed E-state index contributed by atoms with van der Waals surface area (Å²) in [6, 6.07) is 4.71. The van der Waals surface area contributed by atoms with E-state index in [4.69, 9.17) is 4.74 Å². The molecule has 102 valence electrons. The summed E-state index contributed by atoms with van der Waals surface area (Å²) >= 11 is 0. The predicted octanol–water partition coefficient (Wildman–Crippen LogP) is 3.65. The van der Waals surface area contributed by atoms with Gasteiger partial charge in [-0.1, -0.05) is 13.3 Å². The Bertz CT molecular complexity index is 382. The second kappa shape index (κ2) is 7.24. The topological polar surface area (TPSA) is 31.2 Å². The van der Waals surface area contributed by atoms with Crippen LogP contribution in [0.2, 0.25) is 0 Å². The van der Waals surface area contributed by atoms with Crippen LogP contribution in [0, 0.1) is 6.92 Å². The summed E-state index contributed by atoms with van der Waals surface area (Å²) in [4.78, 5) is 11.4. The summed E-state index contributed by atoms with van der Waals surface area (Å²) in [7, 11) is 0. The first kappa shape index (κ1) is 14.8. The van der Waals surface area contributed by atoms with E-state index in [-0.39, 0.29) is 5.97 Å². The number of aryl methyl sites for hydroxylation is 2. The van der Waals surface area contributed by atoms with Gasteiger partial charge in [0.15, 0.2) is 0 Å². The Hall–Kier alpha value is -1.25. The van der Waals surface area contributed by atoms with Crippen molar-refractivity contribution in [3.63, 3.8) is 0 Å². The molecule has 0 fully saturated rings. The van der Waals surface area contributed by atoms with Crippen molar-refractivity contribution in [2.75, 3.05) is 6.61 Å². The number of hydrogen-bond donors (Lipinski definition) is 0. The Balaban J connectivity index is 2.62. The van der Waals surface area contributed by atoms with Gasteiger partial charge in [-0.15, -0.1) is 0 Å². The van der Waals surface area contributed by atoms with Crippen molar-refractivity contribution in [2.45, 2.75) is 59.4 Å². The van der Waals surface area contributed by atoms with Gasteiger partial charge in [0.05, 0.1) is 6.61 Å². The Kier molecular flexibility index (Phi) is 5.96. The number of ether oxygens (including phenoxy) is 1. The van der Waals surface area contributed by atoms with Gasteiger partial charge < -0.3 is 9.30 Å². The fourth-order valence-corrected chi connectivity index (χ4v) is 2.38. The Morgan fingerprint density at radius 3 is 2.72 bits per heavy atom. The van der Waals surface area contributed by atoms with E-state index >= 15 is 0 Å². The Morgan fingerprint density at radius 1 is 1.39 bits per heavy atom. The van der Waals surface area contributed by atoms with Crippen LogP contribution in [0.5, 0.6) is 0 Å². The summed E-state index contributed by atoms with van der Waals surface area (Å²) in [5, 5.41) is 0. The fourth-order valence-electron chi connectivity index (χ4n) is 2.38. The molecule has 1 aromatic rings. The summed E-state index contributed by atoms with van der Waals surface area (Å²) < 4.78 is 7.32. The van der Waals surface area contributed by atoms with Gasteiger partial charge in [0.1, 0.15) is 0 Å². The van der Waals surface area contributed by atoms with E-state index in [1.807, 2.05) is 6.92 Å². The molecule has 0 spiro atoms. The van der Waals surface area contributed by atoms with E-state index in [0.717, 1.165) is 19.3 Å². The molecule has 1 rings (SSSR count). The lowest BCUT2D eigenvalue weighted by atomic mass is 10.1. The standard InChI is InChI=1S/C15H25NO2/c1-5-7-14-10-8-12(3)16(14)13(4)9-11-15(17)18-6-2/h8,10,13H,5-7,9,11H2,1-4H3. The first-order valence-electron chi connectivity index (χ1n) is 6.92. The summed E-state index contributed by atoms with van der Waals surface area (Å²) in [5.41, 5.74) is 2.64. The molecule has 3 heteroatoms. The molecule has 0 saturated heterocycles. The van der Waals surface area contributed by atoms with Crippen molar-refractivity contribution in [3.8, 4) is 0 Å². The zero-order chi connectivity index (χ0) is 13.5. The normalized spacial score (nSPS) is 12.4. The number of carbonyl (C=O) groups excluding carboxylic acids is 1. The second-order valence-corrected chi connectivity index (χ2v) is 4.78. The van der Waals surface area contributed by atoms with Gasteiger partial charge in [-0.2, -0.15) is 0 Å². The number of nitrogens with zero attached hydrogens (tertiary/aromatic N) is 1. The molecule has 0 amide bonds. The van der Waals surface area contributed by atoms with E-state index < -0.39 is 0 Å². The van der Waals surface area contributed by atoms with Crippen molar-refractivity contribution >= 4 is 5.97 Å². The van der Waals surface area contributed by atoms with Crippen LogP contribution in [0.25, 0.3) is 0 Å². The van der Waals surface area contributed by atoms with Crippen LogP contribution in [-0.2, 0) is 16.0 Å². The number of carbonyl (C=O) groups is 1. The minimum atomic E-state index is -0.0915. The van der Waals surface area contributed by atoms with E-state index in [9.17, 15) is 4.79 Å². The largest absolute Gasteiger partial charge is 0.466 e. The highest BCUT2D eigenvalue weighted by Gasteiger charge is 2.13. The molecular weight excluding hydrogens is 226 g/mol. The molecule has 0 aliphatic carbocycles. The molecule has 1 atom stereocenters. The number of hydrogen-bond acceptors (Lipinski definition) is 2. The SMILES string of the molecule is CCCc1ccc(C)n1C(C)CCC(=O)OCC. The highest BCUT2D eigenvalue weighted by molar-refractivity contribution is 5.69. The van der Waals surface area contributed by atoms with E-state index in [1.54, 1.807) is 0 Å². The van der Waals surface area contributed by atoms with Crippen LogP contribution < -0.4 is 0 Å². The summed E-state index contributed by atoms with van der Waals surface area (Å²) in [6.45, 7) is 8.80. The third kappa shape index (κ3) is 3.90. The van der Waals surface area contributed by atoms with Crippen LogP contribution >= 0.6 is 0 Å². The highest BCUT2D eigenvalue weighted by atomic mass is 16.5. The molecule has 0 radical (unpaired) electrons. The Morgan fingerprint density at radius 2 is 2.11 bits per heavy atom. The summed E-state index contributed by atoms with van der Waals surface area (Å²) in [5.74, 6) is -0.0915. The minimum absolute atomic E-state index is 0.0915. The molecular formula is C15H25NO2. The van der Waals surface area contributed by atoms with E-state index in [0.29, 0.717) is 19.1 Å². The average molecular weight is 251 g/mol. The maximum absolute atomic E-state index is 11.4. The van der Waals surface area contributed by atoms with Crippen molar-refractivity contribution in [1.82, 2.24) is 4.57 Å². The molecule has 0 saturated carbocycles. The smallest absolute Gasteiger partial charge is 0.305 e. The number of esters is 1. The van der Waals surface area contributed by atoms with Crippen LogP contribution in [0.4, 0.5) is 0 Å². The van der Waals surface area contributed by atoms with E-state index in [1.165, 1.54) is 11.4 Å². The lowest BCUT2D eigenvalue weighted by Crippen LogP contribution is -2.13. The molecule has 0 aliphatic rings. The third-order valence-corrected chi connectivity index (χ3v) is 3.22. The first-order valence-corrected chi connectivity index (χ1v) is 6.92. The highest BCUT2D eigenvalue weighted by Crippen LogP contribution is 2.21. The lowest BCUT2D eigenvalue weighted by Gasteiger charge is -2.19. The quantitative estimate of drug-likeness (QED) is 0.693. The Labute approximate surface area is 110 Å². The number of rotatable bonds is 7. The van der Waals surface area contributed by atoms with Gasteiger partial charge in [0.25, 0.3) is 0 Å². The van der Waals surface area contributed by atoms with Crippen LogP contribution in [0.3, 0.4) is 0 Å². The van der Waals surface area contributed by atoms with Gasteiger partial charge in [0, 0.05) is 23.9 Å². The average Bonchev–Trinajstić information content (AvgIpc) is 2.69. The van der Waals surface area contributed by atoms with Gasteiger partial charge in [-0.05, 0) is 45.7 Å². The first-order chi connectivity index (χ1) is 8.60. The molecule has 3 nitrogen and oxygen atoms in total. The molecule has 0 aliphatic heterocycles. The third-order valence-electron chi connectivity index (χ3n) is 3.22. The zero-order valence-electron chi connectivity index (χ0n) is 12.0. The van der Waals surface area contributed by atoms with Gasteiger partial charge >= 0.3 is 5.97 Å². The fraction of sp³-hybridized carbons (Fsp3) is 0.667. The second-order valence-electron chi connectivity index (χ2n) is 4.78. The van der Waals surface area contributed by atoms with E-state index in [2.05, 4.69) is 37.5 Å². The maximum Gasteiger partial charge on any atom is 0.305 e. The molecule has 0 bridgehead atoms. The van der Waals surface area contributed by atoms with Crippen LogP contribution in [-0.4, -0.2) is 17.1 Å². The van der Waals surface area contributed by atoms with Crippen LogP contribution in [0.1, 0.15) is 57.5 Å². The van der Waals surface area contributed by atoms with Crippen molar-refractivity contribution in [1.29, 1.82) is 0 Å². The lowest BCUT2D eigenvalue weighted by molar-refractivity contribution is -0.143. The molecule has 1 unspecified atom stereocenters. The van der Waals surface area contributed by atoms with Gasteiger partial charge in [-0.3, -0.25) is 4.79 Å². The molecule has 0 N–H and O–H groups in total. The monoisotopic (exact) mass is 251 g/mol. The van der Waals surface area contributed by atoms with Gasteiger partial charge in [-0.25, -0.2) is 0 Å². The minimum Gasteiger partial charge on any atom is -0.466 e. The zero-order valence-corrected chi connectivity index (χ0v) is 12.0. The molecule has 18 heavy (non-hydrogen) atoms. The van der Waals surface area contributed by atoms with Gasteiger partial charge in [0.2, 0.25) is 0 Å². The van der Waals surface area contributed by atoms with Crippen molar-refractivity contribution < 1.29 is 9.53 Å². The summed E-state index contributed by atoms with van der Waals surface area (Å²) in [6.07, 6.45) is 3.58.